The molecule has 0 atom stereocenters. The van der Waals surface area contributed by atoms with Crippen LogP contribution < -0.4 is 15.4 Å². The zero-order valence-electron chi connectivity index (χ0n) is 16.8. The summed E-state index contributed by atoms with van der Waals surface area (Å²) in [5.74, 6) is 1.86. The number of hydrogen-bond donors (Lipinski definition) is 3. The minimum absolute atomic E-state index is 0. The number of phenols is 1. The fourth-order valence-electron chi connectivity index (χ4n) is 3.31. The van der Waals surface area contributed by atoms with Crippen LogP contribution >= 0.6 is 24.0 Å². The smallest absolute Gasteiger partial charge is 0.401 e. The number of likely N-dealkylation sites (tertiary alicyclic amines) is 1. The molecular weight excluding hydrogens is 500 g/mol. The minimum Gasteiger partial charge on any atom is -0.508 e. The SMILES string of the molecule is CN=C(NCCC1CCN(CC(F)(F)F)CC1)NCc1cc(OC)ccc1O.I. The molecule has 2 rings (SSSR count). The molecule has 1 aliphatic heterocycles. The number of nitrogens with zero attached hydrogens (tertiary/aromatic N) is 2. The molecule has 0 unspecified atom stereocenters. The maximum Gasteiger partial charge on any atom is 0.401 e. The molecule has 1 heterocycles. The zero-order valence-corrected chi connectivity index (χ0v) is 19.1. The molecule has 1 aromatic carbocycles. The molecule has 1 saturated heterocycles. The van der Waals surface area contributed by atoms with E-state index in [4.69, 9.17) is 4.74 Å². The molecule has 1 aromatic rings. The number of alkyl halides is 3. The van der Waals surface area contributed by atoms with Crippen molar-refractivity contribution in [3.8, 4) is 11.5 Å². The maximum atomic E-state index is 12.4. The third-order valence-electron chi connectivity index (χ3n) is 4.91. The van der Waals surface area contributed by atoms with E-state index in [-0.39, 0.29) is 29.7 Å². The third-order valence-corrected chi connectivity index (χ3v) is 4.91. The van der Waals surface area contributed by atoms with Crippen molar-refractivity contribution in [3.63, 3.8) is 0 Å². The van der Waals surface area contributed by atoms with Crippen molar-refractivity contribution in [2.45, 2.75) is 32.0 Å². The molecule has 166 valence electrons. The fourth-order valence-corrected chi connectivity index (χ4v) is 3.31. The maximum absolute atomic E-state index is 12.4. The largest absolute Gasteiger partial charge is 0.508 e. The van der Waals surface area contributed by atoms with Crippen LogP contribution in [0.1, 0.15) is 24.8 Å². The van der Waals surface area contributed by atoms with E-state index in [1.165, 1.54) is 4.90 Å². The normalized spacial score (nSPS) is 16.2. The highest BCUT2D eigenvalue weighted by atomic mass is 127. The molecule has 0 aliphatic carbocycles. The van der Waals surface area contributed by atoms with Gasteiger partial charge in [0.25, 0.3) is 0 Å². The average Bonchev–Trinajstić information content (AvgIpc) is 2.65. The summed E-state index contributed by atoms with van der Waals surface area (Å²) in [6.45, 7) is 1.25. The predicted octanol–water partition coefficient (Wildman–Crippen LogP) is 3.35. The van der Waals surface area contributed by atoms with E-state index >= 15 is 0 Å². The molecule has 0 radical (unpaired) electrons. The predicted molar refractivity (Wildman–Crippen MR) is 118 cm³/mol. The zero-order chi connectivity index (χ0) is 20.6. The van der Waals surface area contributed by atoms with Crippen LogP contribution in [-0.2, 0) is 6.54 Å². The summed E-state index contributed by atoms with van der Waals surface area (Å²) < 4.78 is 42.5. The van der Waals surface area contributed by atoms with Gasteiger partial charge in [0.15, 0.2) is 5.96 Å². The molecule has 0 aromatic heterocycles. The summed E-state index contributed by atoms with van der Waals surface area (Å²) in [6.07, 6.45) is -1.68. The van der Waals surface area contributed by atoms with Crippen LogP contribution in [0.25, 0.3) is 0 Å². The van der Waals surface area contributed by atoms with Crippen LogP contribution in [0, 0.1) is 5.92 Å². The van der Waals surface area contributed by atoms with Crippen molar-refractivity contribution in [1.82, 2.24) is 15.5 Å². The number of ether oxygens (including phenoxy) is 1. The van der Waals surface area contributed by atoms with Crippen molar-refractivity contribution in [1.29, 1.82) is 0 Å². The van der Waals surface area contributed by atoms with Crippen LogP contribution in [0.15, 0.2) is 23.2 Å². The number of phenolic OH excluding ortho intramolecular Hbond substituents is 1. The molecule has 0 spiro atoms. The van der Waals surface area contributed by atoms with Gasteiger partial charge >= 0.3 is 6.18 Å². The van der Waals surface area contributed by atoms with Gasteiger partial charge in [0.2, 0.25) is 0 Å². The van der Waals surface area contributed by atoms with Gasteiger partial charge in [0, 0.05) is 25.7 Å². The molecule has 0 saturated carbocycles. The van der Waals surface area contributed by atoms with Crippen molar-refractivity contribution in [2.24, 2.45) is 10.9 Å². The van der Waals surface area contributed by atoms with Gasteiger partial charge in [-0.2, -0.15) is 13.2 Å². The number of rotatable bonds is 7. The first-order chi connectivity index (χ1) is 13.3. The van der Waals surface area contributed by atoms with Crippen molar-refractivity contribution < 1.29 is 23.0 Å². The summed E-state index contributed by atoms with van der Waals surface area (Å²) in [4.78, 5) is 5.64. The molecule has 3 N–H and O–H groups in total. The number of hydrogen-bond acceptors (Lipinski definition) is 4. The summed E-state index contributed by atoms with van der Waals surface area (Å²) in [5.41, 5.74) is 0.694. The molecule has 1 fully saturated rings. The quantitative estimate of drug-likeness (QED) is 0.287. The van der Waals surface area contributed by atoms with E-state index in [2.05, 4.69) is 15.6 Å². The van der Waals surface area contributed by atoms with E-state index in [1.807, 2.05) is 0 Å². The number of guanidine groups is 1. The van der Waals surface area contributed by atoms with Gasteiger partial charge in [-0.25, -0.2) is 0 Å². The lowest BCUT2D eigenvalue weighted by Gasteiger charge is -2.32. The van der Waals surface area contributed by atoms with Gasteiger partial charge in [-0.15, -0.1) is 24.0 Å². The van der Waals surface area contributed by atoms with E-state index in [0.29, 0.717) is 49.4 Å². The molecule has 6 nitrogen and oxygen atoms in total. The standard InChI is InChI=1S/C19H29F3N4O2.HI/c1-23-18(25-12-15-11-16(28-2)3-4-17(15)27)24-8-5-14-6-9-26(10-7-14)13-19(20,21)22;/h3-4,11,14,27H,5-10,12-13H2,1-2H3,(H2,23,24,25);1H. The van der Waals surface area contributed by atoms with Crippen LogP contribution in [0.5, 0.6) is 11.5 Å². The van der Waals surface area contributed by atoms with Crippen molar-refractivity contribution >= 4 is 29.9 Å². The Morgan fingerprint density at radius 2 is 1.97 bits per heavy atom. The van der Waals surface area contributed by atoms with E-state index in [9.17, 15) is 18.3 Å². The number of nitrogens with one attached hydrogen (secondary N) is 2. The second-order valence-electron chi connectivity index (χ2n) is 6.97. The highest BCUT2D eigenvalue weighted by Gasteiger charge is 2.32. The number of methoxy groups -OCH3 is 1. The molecule has 0 bridgehead atoms. The lowest BCUT2D eigenvalue weighted by Crippen LogP contribution is -2.41. The van der Waals surface area contributed by atoms with Crippen LogP contribution in [-0.4, -0.2) is 62.5 Å². The van der Waals surface area contributed by atoms with Crippen LogP contribution in [0.3, 0.4) is 0 Å². The number of halogens is 4. The van der Waals surface area contributed by atoms with Gasteiger partial charge in [0.05, 0.1) is 13.7 Å². The summed E-state index contributed by atoms with van der Waals surface area (Å²) in [5, 5.41) is 16.3. The first-order valence-corrected chi connectivity index (χ1v) is 9.40. The van der Waals surface area contributed by atoms with Gasteiger partial charge in [-0.1, -0.05) is 0 Å². The lowest BCUT2D eigenvalue weighted by atomic mass is 9.93. The Morgan fingerprint density at radius 3 is 2.55 bits per heavy atom. The number of aromatic hydroxyl groups is 1. The number of piperidine rings is 1. The summed E-state index contributed by atoms with van der Waals surface area (Å²) in [7, 11) is 3.23. The molecule has 1 aliphatic rings. The first kappa shape index (κ1) is 25.6. The summed E-state index contributed by atoms with van der Waals surface area (Å²) >= 11 is 0. The van der Waals surface area contributed by atoms with E-state index in [0.717, 1.165) is 19.3 Å². The average molecular weight is 530 g/mol. The van der Waals surface area contributed by atoms with Gasteiger partial charge in [0.1, 0.15) is 11.5 Å². The Bertz CT molecular complexity index is 651. The van der Waals surface area contributed by atoms with Crippen molar-refractivity contribution in [3.05, 3.63) is 23.8 Å². The second-order valence-corrected chi connectivity index (χ2v) is 6.97. The lowest BCUT2D eigenvalue weighted by molar-refractivity contribution is -0.148. The second kappa shape index (κ2) is 12.3. The Kier molecular flexibility index (Phi) is 10.9. The Labute approximate surface area is 186 Å². The highest BCUT2D eigenvalue weighted by Crippen LogP contribution is 2.24. The topological polar surface area (TPSA) is 69.1 Å². The fraction of sp³-hybridized carbons (Fsp3) is 0.632. The van der Waals surface area contributed by atoms with Gasteiger partial charge in [-0.05, 0) is 56.5 Å². The monoisotopic (exact) mass is 530 g/mol. The first-order valence-electron chi connectivity index (χ1n) is 9.40. The minimum atomic E-state index is -4.12. The number of benzene rings is 1. The highest BCUT2D eigenvalue weighted by molar-refractivity contribution is 14.0. The Balaban J connectivity index is 0.00000420. The molecule has 10 heteroatoms. The summed E-state index contributed by atoms with van der Waals surface area (Å²) in [6, 6.07) is 5.02. The molecular formula is C19H30F3IN4O2. The molecule has 29 heavy (non-hydrogen) atoms. The van der Waals surface area contributed by atoms with Crippen LogP contribution in [0.2, 0.25) is 0 Å². The Hall–Kier alpha value is -1.43. The van der Waals surface area contributed by atoms with Crippen molar-refractivity contribution in [2.75, 3.05) is 40.3 Å². The molecule has 0 amide bonds. The number of aliphatic imine (C=N–C) groups is 1. The van der Waals surface area contributed by atoms with Gasteiger partial charge < -0.3 is 20.5 Å². The van der Waals surface area contributed by atoms with E-state index in [1.54, 1.807) is 32.4 Å². The van der Waals surface area contributed by atoms with Crippen LogP contribution in [0.4, 0.5) is 13.2 Å². The van der Waals surface area contributed by atoms with Gasteiger partial charge in [-0.3, -0.25) is 9.89 Å². The third kappa shape index (κ3) is 9.28. The Morgan fingerprint density at radius 1 is 1.28 bits per heavy atom. The van der Waals surface area contributed by atoms with E-state index < -0.39 is 12.7 Å².